The van der Waals surface area contributed by atoms with E-state index >= 15 is 0 Å². The van der Waals surface area contributed by atoms with Gasteiger partial charge in [-0.05, 0) is 74.3 Å². The van der Waals surface area contributed by atoms with E-state index < -0.39 is 0 Å². The summed E-state index contributed by atoms with van der Waals surface area (Å²) in [5.74, 6) is 2.86. The summed E-state index contributed by atoms with van der Waals surface area (Å²) in [6.45, 7) is 0.830. The lowest BCUT2D eigenvalue weighted by Gasteiger charge is -2.31. The normalized spacial score (nSPS) is 20.1. The fourth-order valence-electron chi connectivity index (χ4n) is 5.48. The van der Waals surface area contributed by atoms with Crippen LogP contribution in [0.3, 0.4) is 0 Å². The maximum absolute atomic E-state index is 5.68. The Morgan fingerprint density at radius 1 is 0.941 bits per heavy atom. The van der Waals surface area contributed by atoms with Crippen molar-refractivity contribution in [2.45, 2.75) is 70.0 Å². The van der Waals surface area contributed by atoms with E-state index in [1.54, 1.807) is 7.11 Å². The molecule has 34 heavy (non-hydrogen) atoms. The minimum absolute atomic E-state index is 0.435. The molecule has 2 aliphatic rings. The number of nitrogens with one attached hydrogen (secondary N) is 2. The predicted octanol–water partition coefficient (Wildman–Crippen LogP) is 5.10. The van der Waals surface area contributed by atoms with Crippen LogP contribution in [-0.2, 0) is 19.4 Å². The molecular weight excluding hydrogens is 422 g/mol. The van der Waals surface area contributed by atoms with Crippen LogP contribution in [0, 0.1) is 0 Å². The number of ether oxygens (including phenoxy) is 1. The van der Waals surface area contributed by atoms with Gasteiger partial charge in [-0.15, -0.1) is 0 Å². The quantitative estimate of drug-likeness (QED) is 0.513. The van der Waals surface area contributed by atoms with Crippen LogP contribution < -0.4 is 20.3 Å². The number of aryl methyl sites for hydroxylation is 1. The highest BCUT2D eigenvalue weighted by Crippen LogP contribution is 2.30. The first-order chi connectivity index (χ1) is 16.6. The zero-order valence-corrected chi connectivity index (χ0v) is 20.7. The molecule has 2 N–H and O–H groups in total. The Morgan fingerprint density at radius 3 is 2.38 bits per heavy atom. The lowest BCUT2D eigenvalue weighted by atomic mass is 9.91. The molecule has 5 rings (SSSR count). The molecule has 1 fully saturated rings. The molecule has 1 saturated carbocycles. The van der Waals surface area contributed by atoms with Crippen LogP contribution >= 0.6 is 0 Å². The zero-order chi connectivity index (χ0) is 23.5. The summed E-state index contributed by atoms with van der Waals surface area (Å²) in [5.41, 5.74) is 3.81. The lowest BCUT2D eigenvalue weighted by Crippen LogP contribution is -2.37. The summed E-state index contributed by atoms with van der Waals surface area (Å²) in [6, 6.07) is 13.8. The van der Waals surface area contributed by atoms with Gasteiger partial charge in [-0.2, -0.15) is 4.98 Å². The average molecular weight is 460 g/mol. The fourth-order valence-corrected chi connectivity index (χ4v) is 5.48. The maximum atomic E-state index is 5.68. The van der Waals surface area contributed by atoms with Gasteiger partial charge in [0.05, 0.1) is 12.8 Å². The van der Waals surface area contributed by atoms with Crippen molar-refractivity contribution >= 4 is 22.5 Å². The standard InChI is InChI=1S/C28H37N5O/c1-33(2)27-24-10-6-7-11-25(24)31-28(32-27)30-23-14-12-22(13-15-23)29-18-21-16-19-8-4-5-9-20(19)17-26(21)34-3/h4-5,8-9,16-17,22-23,29H,6-7,10-15,18H2,1-3H3,(H,30,31,32)/t22-,23+. The lowest BCUT2D eigenvalue weighted by molar-refractivity contribution is 0.348. The molecule has 0 aliphatic heterocycles. The van der Waals surface area contributed by atoms with E-state index in [9.17, 15) is 0 Å². The Bertz CT molecular complexity index is 1140. The Hall–Kier alpha value is -2.86. The Kier molecular flexibility index (Phi) is 6.86. The van der Waals surface area contributed by atoms with Crippen LogP contribution in [0.5, 0.6) is 5.75 Å². The largest absolute Gasteiger partial charge is 0.496 e. The van der Waals surface area contributed by atoms with Crippen molar-refractivity contribution in [2.75, 3.05) is 31.4 Å². The number of hydrogen-bond acceptors (Lipinski definition) is 6. The van der Waals surface area contributed by atoms with Gasteiger partial charge in [-0.25, -0.2) is 4.98 Å². The summed E-state index contributed by atoms with van der Waals surface area (Å²) >= 11 is 0. The van der Waals surface area contributed by atoms with Gasteiger partial charge < -0.3 is 20.3 Å². The summed E-state index contributed by atoms with van der Waals surface area (Å²) in [6.07, 6.45) is 9.21. The third kappa shape index (κ3) is 4.97. The van der Waals surface area contributed by atoms with E-state index in [0.717, 1.165) is 62.6 Å². The van der Waals surface area contributed by atoms with Crippen LogP contribution in [0.25, 0.3) is 10.8 Å². The topological polar surface area (TPSA) is 62.3 Å². The molecule has 2 aromatic carbocycles. The van der Waals surface area contributed by atoms with Crippen LogP contribution in [0.4, 0.5) is 11.8 Å². The summed E-state index contributed by atoms with van der Waals surface area (Å²) < 4.78 is 5.68. The number of fused-ring (bicyclic) bond motifs is 2. The molecule has 0 spiro atoms. The van der Waals surface area contributed by atoms with Crippen LogP contribution in [0.15, 0.2) is 36.4 Å². The van der Waals surface area contributed by atoms with E-state index in [1.165, 1.54) is 40.4 Å². The van der Waals surface area contributed by atoms with Crippen molar-refractivity contribution in [3.8, 4) is 5.75 Å². The molecule has 3 aromatic rings. The highest BCUT2D eigenvalue weighted by molar-refractivity contribution is 5.85. The Balaban J connectivity index is 1.18. The van der Waals surface area contributed by atoms with Crippen LogP contribution in [-0.4, -0.2) is 43.3 Å². The first-order valence-corrected chi connectivity index (χ1v) is 12.7. The SMILES string of the molecule is COc1cc2ccccc2cc1CN[C@H]1CC[C@@H](Nc2nc3c(c(N(C)C)n2)CCCC3)CC1. The highest BCUT2D eigenvalue weighted by Gasteiger charge is 2.24. The third-order valence-electron chi connectivity index (χ3n) is 7.38. The van der Waals surface area contributed by atoms with Gasteiger partial charge in [0.25, 0.3) is 0 Å². The van der Waals surface area contributed by atoms with Crippen molar-refractivity contribution in [1.29, 1.82) is 0 Å². The van der Waals surface area contributed by atoms with Gasteiger partial charge in [0, 0.05) is 43.9 Å². The summed E-state index contributed by atoms with van der Waals surface area (Å²) in [4.78, 5) is 11.9. The second-order valence-corrected chi connectivity index (χ2v) is 9.98. The van der Waals surface area contributed by atoms with Crippen molar-refractivity contribution in [2.24, 2.45) is 0 Å². The highest BCUT2D eigenvalue weighted by atomic mass is 16.5. The fraction of sp³-hybridized carbons (Fsp3) is 0.500. The molecule has 1 heterocycles. The molecule has 0 atom stereocenters. The molecule has 0 radical (unpaired) electrons. The van der Waals surface area contributed by atoms with E-state index in [4.69, 9.17) is 14.7 Å². The number of methoxy groups -OCH3 is 1. The van der Waals surface area contributed by atoms with Crippen molar-refractivity contribution in [3.63, 3.8) is 0 Å². The van der Waals surface area contributed by atoms with Gasteiger partial charge in [-0.1, -0.05) is 24.3 Å². The van der Waals surface area contributed by atoms with Crippen LogP contribution in [0.1, 0.15) is 55.3 Å². The van der Waals surface area contributed by atoms with E-state index in [-0.39, 0.29) is 0 Å². The van der Waals surface area contributed by atoms with Gasteiger partial charge in [0.2, 0.25) is 5.95 Å². The Labute approximate surface area is 203 Å². The Morgan fingerprint density at radius 2 is 1.65 bits per heavy atom. The van der Waals surface area contributed by atoms with E-state index in [1.807, 2.05) is 0 Å². The molecule has 0 amide bonds. The molecule has 0 bridgehead atoms. The number of hydrogen-bond donors (Lipinski definition) is 2. The molecule has 6 heteroatoms. The summed E-state index contributed by atoms with van der Waals surface area (Å²) in [5, 5.41) is 9.92. The zero-order valence-electron chi connectivity index (χ0n) is 20.7. The second kappa shape index (κ2) is 10.2. The number of nitrogens with zero attached hydrogens (tertiary/aromatic N) is 3. The maximum Gasteiger partial charge on any atom is 0.225 e. The molecule has 180 valence electrons. The number of aromatic nitrogens is 2. The average Bonchev–Trinajstić information content (AvgIpc) is 2.87. The number of rotatable bonds is 7. The smallest absolute Gasteiger partial charge is 0.225 e. The van der Waals surface area contributed by atoms with Crippen molar-refractivity contribution in [1.82, 2.24) is 15.3 Å². The van der Waals surface area contributed by atoms with Gasteiger partial charge in [0.1, 0.15) is 11.6 Å². The minimum Gasteiger partial charge on any atom is -0.496 e. The minimum atomic E-state index is 0.435. The summed E-state index contributed by atoms with van der Waals surface area (Å²) in [7, 11) is 5.93. The molecule has 6 nitrogen and oxygen atoms in total. The number of benzene rings is 2. The number of anilines is 2. The van der Waals surface area contributed by atoms with Crippen molar-refractivity contribution < 1.29 is 4.74 Å². The molecule has 0 unspecified atom stereocenters. The van der Waals surface area contributed by atoms with Crippen LogP contribution in [0.2, 0.25) is 0 Å². The first-order valence-electron chi connectivity index (χ1n) is 12.7. The predicted molar refractivity (Wildman–Crippen MR) is 140 cm³/mol. The molecule has 1 aromatic heterocycles. The molecule has 0 saturated heterocycles. The van der Waals surface area contributed by atoms with E-state index in [2.05, 4.69) is 66.0 Å². The van der Waals surface area contributed by atoms with Gasteiger partial charge >= 0.3 is 0 Å². The van der Waals surface area contributed by atoms with Crippen molar-refractivity contribution in [3.05, 3.63) is 53.2 Å². The van der Waals surface area contributed by atoms with Gasteiger partial charge in [0.15, 0.2) is 0 Å². The molecule has 2 aliphatic carbocycles. The monoisotopic (exact) mass is 459 g/mol. The molecular formula is C28H37N5O. The second-order valence-electron chi connectivity index (χ2n) is 9.98. The first kappa shape index (κ1) is 22.9. The van der Waals surface area contributed by atoms with E-state index in [0.29, 0.717) is 12.1 Å². The van der Waals surface area contributed by atoms with Gasteiger partial charge in [-0.3, -0.25) is 0 Å². The third-order valence-corrected chi connectivity index (χ3v) is 7.38.